The summed E-state index contributed by atoms with van der Waals surface area (Å²) in [6.07, 6.45) is 4.67. The Morgan fingerprint density at radius 3 is 2.53 bits per heavy atom. The summed E-state index contributed by atoms with van der Waals surface area (Å²) in [6, 6.07) is 21.9. The average Bonchev–Trinajstić information content (AvgIpc) is 2.85. The van der Waals surface area contributed by atoms with Gasteiger partial charge in [0.1, 0.15) is 29.7 Å². The molecule has 0 saturated carbocycles. The molecule has 0 unspecified atom stereocenters. The van der Waals surface area contributed by atoms with Gasteiger partial charge in [0.15, 0.2) is 0 Å². The first-order valence-corrected chi connectivity index (χ1v) is 10.6. The van der Waals surface area contributed by atoms with Crippen molar-refractivity contribution in [2.75, 3.05) is 13.2 Å². The number of pyridine rings is 1. The van der Waals surface area contributed by atoms with Crippen molar-refractivity contribution in [3.05, 3.63) is 102 Å². The van der Waals surface area contributed by atoms with E-state index in [1.54, 1.807) is 12.1 Å². The topological polar surface area (TPSA) is 40.6 Å². The minimum Gasteiger partial charge on any atom is -0.489 e. The van der Waals surface area contributed by atoms with E-state index in [0.717, 1.165) is 39.8 Å². The summed E-state index contributed by atoms with van der Waals surface area (Å²) in [5.41, 5.74) is 3.92. The Bertz CT molecular complexity index is 1250. The minimum absolute atomic E-state index is 0.301. The highest BCUT2D eigenvalue weighted by Gasteiger charge is 2.17. The number of rotatable bonds is 6. The summed E-state index contributed by atoms with van der Waals surface area (Å²) in [5.74, 6) is 1.70. The third kappa shape index (κ3) is 4.48. The standard InChI is InChI=1S/C27H22FNO3/c28-21-6-8-22(9-7-21)32-27-24-11-10-23(31-18-19-4-2-1-3-5-19)16-26(24)29-17-25(27)20-12-14-30-15-13-20/h1-12,16-17H,13-15,18H2. The number of hydrogen-bond donors (Lipinski definition) is 0. The molecule has 0 spiro atoms. The Morgan fingerprint density at radius 1 is 0.938 bits per heavy atom. The second-order valence-corrected chi connectivity index (χ2v) is 7.56. The van der Waals surface area contributed by atoms with E-state index in [1.165, 1.54) is 12.1 Å². The molecule has 160 valence electrons. The molecule has 3 aromatic carbocycles. The minimum atomic E-state index is -0.301. The molecule has 32 heavy (non-hydrogen) atoms. The van der Waals surface area contributed by atoms with Gasteiger partial charge in [-0.1, -0.05) is 36.4 Å². The number of aromatic nitrogens is 1. The van der Waals surface area contributed by atoms with Gasteiger partial charge < -0.3 is 14.2 Å². The lowest BCUT2D eigenvalue weighted by atomic mass is 10.00. The number of nitrogens with zero attached hydrogens (tertiary/aromatic N) is 1. The van der Waals surface area contributed by atoms with Crippen molar-refractivity contribution in [1.29, 1.82) is 0 Å². The number of benzene rings is 3. The second kappa shape index (κ2) is 9.20. The van der Waals surface area contributed by atoms with E-state index >= 15 is 0 Å². The van der Waals surface area contributed by atoms with Crippen molar-refractivity contribution in [2.24, 2.45) is 0 Å². The van der Waals surface area contributed by atoms with Gasteiger partial charge in [0.2, 0.25) is 0 Å². The summed E-state index contributed by atoms with van der Waals surface area (Å²) in [4.78, 5) is 4.69. The molecule has 0 radical (unpaired) electrons. The van der Waals surface area contributed by atoms with Crippen molar-refractivity contribution in [3.63, 3.8) is 0 Å². The highest BCUT2D eigenvalue weighted by molar-refractivity contribution is 5.91. The van der Waals surface area contributed by atoms with Crippen LogP contribution in [-0.4, -0.2) is 18.2 Å². The van der Waals surface area contributed by atoms with E-state index in [4.69, 9.17) is 14.2 Å². The van der Waals surface area contributed by atoms with Gasteiger partial charge in [-0.15, -0.1) is 0 Å². The van der Waals surface area contributed by atoms with E-state index in [9.17, 15) is 4.39 Å². The Hall–Kier alpha value is -3.70. The molecule has 0 N–H and O–H groups in total. The molecule has 4 aromatic rings. The van der Waals surface area contributed by atoms with Crippen molar-refractivity contribution < 1.29 is 18.6 Å². The number of ether oxygens (including phenoxy) is 3. The third-order valence-corrected chi connectivity index (χ3v) is 5.38. The van der Waals surface area contributed by atoms with Crippen molar-refractivity contribution >= 4 is 16.5 Å². The van der Waals surface area contributed by atoms with Crippen LogP contribution in [0.4, 0.5) is 4.39 Å². The first kappa shape index (κ1) is 20.2. The largest absolute Gasteiger partial charge is 0.489 e. The lowest BCUT2D eigenvalue weighted by molar-refractivity contribution is 0.161. The van der Waals surface area contributed by atoms with Crippen molar-refractivity contribution in [3.8, 4) is 17.2 Å². The van der Waals surface area contributed by atoms with Crippen LogP contribution in [0.1, 0.15) is 17.5 Å². The summed E-state index contributed by atoms with van der Waals surface area (Å²) < 4.78 is 31.1. The molecular formula is C27H22FNO3. The van der Waals surface area contributed by atoms with E-state index in [2.05, 4.69) is 11.1 Å². The van der Waals surface area contributed by atoms with E-state index in [1.807, 2.05) is 54.7 Å². The van der Waals surface area contributed by atoms with Gasteiger partial charge in [-0.05, 0) is 54.0 Å². The fourth-order valence-corrected chi connectivity index (χ4v) is 3.71. The fourth-order valence-electron chi connectivity index (χ4n) is 3.71. The van der Waals surface area contributed by atoms with Crippen LogP contribution in [0, 0.1) is 5.82 Å². The van der Waals surface area contributed by atoms with Gasteiger partial charge in [-0.2, -0.15) is 0 Å². The Balaban J connectivity index is 1.51. The van der Waals surface area contributed by atoms with Crippen LogP contribution in [0.5, 0.6) is 17.2 Å². The molecule has 4 nitrogen and oxygen atoms in total. The quantitative estimate of drug-likeness (QED) is 0.350. The van der Waals surface area contributed by atoms with Crippen LogP contribution < -0.4 is 9.47 Å². The summed E-state index contributed by atoms with van der Waals surface area (Å²) in [6.45, 7) is 1.71. The molecule has 0 aliphatic carbocycles. The Kier molecular flexibility index (Phi) is 5.81. The fraction of sp³-hybridized carbons (Fsp3) is 0.148. The molecule has 1 aliphatic heterocycles. The molecule has 2 heterocycles. The van der Waals surface area contributed by atoms with Gasteiger partial charge in [0, 0.05) is 23.2 Å². The SMILES string of the molecule is Fc1ccc(Oc2c(C3=CCOCC3)cnc3cc(OCc4ccccc4)ccc23)cc1. The monoisotopic (exact) mass is 427 g/mol. The summed E-state index contributed by atoms with van der Waals surface area (Å²) >= 11 is 0. The zero-order chi connectivity index (χ0) is 21.8. The van der Waals surface area contributed by atoms with Crippen molar-refractivity contribution in [1.82, 2.24) is 4.98 Å². The van der Waals surface area contributed by atoms with Gasteiger partial charge in [0.25, 0.3) is 0 Å². The lowest BCUT2D eigenvalue weighted by Gasteiger charge is -2.19. The highest BCUT2D eigenvalue weighted by atomic mass is 19.1. The van der Waals surface area contributed by atoms with Crippen LogP contribution >= 0.6 is 0 Å². The zero-order valence-corrected chi connectivity index (χ0v) is 17.5. The maximum absolute atomic E-state index is 13.4. The number of fused-ring (bicyclic) bond motifs is 1. The second-order valence-electron chi connectivity index (χ2n) is 7.56. The lowest BCUT2D eigenvalue weighted by Crippen LogP contribution is -2.05. The van der Waals surface area contributed by atoms with Crippen LogP contribution in [-0.2, 0) is 11.3 Å². The molecule has 0 atom stereocenters. The van der Waals surface area contributed by atoms with Crippen LogP contribution in [0.3, 0.4) is 0 Å². The third-order valence-electron chi connectivity index (χ3n) is 5.38. The molecule has 0 amide bonds. The van der Waals surface area contributed by atoms with Crippen LogP contribution in [0.2, 0.25) is 0 Å². The molecule has 0 bridgehead atoms. The molecule has 0 saturated heterocycles. The predicted molar refractivity (Wildman–Crippen MR) is 122 cm³/mol. The Labute approximate surface area is 185 Å². The molecule has 0 fully saturated rings. The van der Waals surface area contributed by atoms with E-state index in [-0.39, 0.29) is 5.82 Å². The highest BCUT2D eigenvalue weighted by Crippen LogP contribution is 2.39. The smallest absolute Gasteiger partial charge is 0.145 e. The average molecular weight is 427 g/mol. The number of halogens is 1. The molecule has 1 aliphatic rings. The van der Waals surface area contributed by atoms with Gasteiger partial charge >= 0.3 is 0 Å². The number of hydrogen-bond acceptors (Lipinski definition) is 4. The first-order valence-electron chi connectivity index (χ1n) is 10.6. The van der Waals surface area contributed by atoms with Crippen LogP contribution in [0.15, 0.2) is 85.1 Å². The Morgan fingerprint density at radius 2 is 1.75 bits per heavy atom. The predicted octanol–water partition coefficient (Wildman–Crippen LogP) is 6.55. The van der Waals surface area contributed by atoms with Gasteiger partial charge in [-0.25, -0.2) is 4.39 Å². The van der Waals surface area contributed by atoms with Gasteiger partial charge in [0.05, 0.1) is 18.7 Å². The molecule has 5 heteroatoms. The van der Waals surface area contributed by atoms with E-state index < -0.39 is 0 Å². The zero-order valence-electron chi connectivity index (χ0n) is 17.5. The maximum atomic E-state index is 13.4. The van der Waals surface area contributed by atoms with Gasteiger partial charge in [-0.3, -0.25) is 4.98 Å². The van der Waals surface area contributed by atoms with Crippen molar-refractivity contribution in [2.45, 2.75) is 13.0 Å². The van der Waals surface area contributed by atoms with Crippen LogP contribution in [0.25, 0.3) is 16.5 Å². The summed E-state index contributed by atoms with van der Waals surface area (Å²) in [7, 11) is 0. The molecular weight excluding hydrogens is 405 g/mol. The molecule has 1 aromatic heterocycles. The first-order chi connectivity index (χ1) is 15.8. The van der Waals surface area contributed by atoms with E-state index in [0.29, 0.717) is 31.3 Å². The molecule has 5 rings (SSSR count). The summed E-state index contributed by atoms with van der Waals surface area (Å²) in [5, 5.41) is 0.867. The normalized spacial score (nSPS) is 13.6. The maximum Gasteiger partial charge on any atom is 0.145 e.